The first-order valence-corrected chi connectivity index (χ1v) is 6.00. The van der Waals surface area contributed by atoms with E-state index >= 15 is 0 Å². The second kappa shape index (κ2) is 4.61. The van der Waals surface area contributed by atoms with E-state index < -0.39 is 11.6 Å². The Balaban J connectivity index is 2.75. The van der Waals surface area contributed by atoms with Gasteiger partial charge in [-0.15, -0.1) is 11.6 Å². The number of aromatic nitrogens is 2. The number of imidazole rings is 1. The fraction of sp³-hybridized carbons (Fsp3) is 0.417. The fourth-order valence-electron chi connectivity index (χ4n) is 2.01. The van der Waals surface area contributed by atoms with Gasteiger partial charge in [0.05, 0.1) is 5.52 Å². The number of nitrogens with zero attached hydrogens (tertiary/aromatic N) is 2. The third kappa shape index (κ3) is 2.14. The quantitative estimate of drug-likeness (QED) is 0.768. The standard InChI is InChI=1S/C12H13ClF2N2/c1-7(2)17-10-6-8(14)5-9(15)12(10)16-11(17)3-4-13/h5-7H,3-4H2,1-2H3. The Bertz CT molecular complexity index is 549. The average molecular weight is 259 g/mol. The van der Waals surface area contributed by atoms with Gasteiger partial charge in [0.2, 0.25) is 0 Å². The minimum atomic E-state index is -0.629. The number of fused-ring (bicyclic) bond motifs is 1. The summed E-state index contributed by atoms with van der Waals surface area (Å²) in [6, 6.07) is 2.24. The van der Waals surface area contributed by atoms with E-state index in [1.807, 2.05) is 18.4 Å². The van der Waals surface area contributed by atoms with Gasteiger partial charge in [-0.2, -0.15) is 0 Å². The van der Waals surface area contributed by atoms with Crippen LogP contribution in [0.3, 0.4) is 0 Å². The average Bonchev–Trinajstić information content (AvgIpc) is 2.57. The van der Waals surface area contributed by atoms with Crippen LogP contribution in [0.4, 0.5) is 8.78 Å². The van der Waals surface area contributed by atoms with Crippen molar-refractivity contribution in [3.63, 3.8) is 0 Å². The van der Waals surface area contributed by atoms with Crippen LogP contribution in [0.2, 0.25) is 0 Å². The van der Waals surface area contributed by atoms with E-state index in [1.165, 1.54) is 6.07 Å². The summed E-state index contributed by atoms with van der Waals surface area (Å²) >= 11 is 5.69. The number of hydrogen-bond donors (Lipinski definition) is 0. The smallest absolute Gasteiger partial charge is 0.153 e. The molecule has 2 nitrogen and oxygen atoms in total. The zero-order chi connectivity index (χ0) is 12.6. The fourth-order valence-corrected chi connectivity index (χ4v) is 2.17. The topological polar surface area (TPSA) is 17.8 Å². The molecular formula is C12H13ClF2N2. The van der Waals surface area contributed by atoms with Crippen molar-refractivity contribution in [2.75, 3.05) is 5.88 Å². The summed E-state index contributed by atoms with van der Waals surface area (Å²) in [5, 5.41) is 0. The monoisotopic (exact) mass is 258 g/mol. The van der Waals surface area contributed by atoms with Crippen molar-refractivity contribution in [1.29, 1.82) is 0 Å². The van der Waals surface area contributed by atoms with E-state index in [0.717, 1.165) is 6.07 Å². The van der Waals surface area contributed by atoms with Crippen LogP contribution in [0.5, 0.6) is 0 Å². The highest BCUT2D eigenvalue weighted by Crippen LogP contribution is 2.24. The lowest BCUT2D eigenvalue weighted by molar-refractivity contribution is 0.579. The van der Waals surface area contributed by atoms with Gasteiger partial charge in [0.15, 0.2) is 5.82 Å². The molecule has 1 heterocycles. The zero-order valence-corrected chi connectivity index (χ0v) is 10.4. The van der Waals surface area contributed by atoms with Gasteiger partial charge in [0, 0.05) is 24.4 Å². The molecule has 0 radical (unpaired) electrons. The maximum Gasteiger partial charge on any atom is 0.153 e. The lowest BCUT2D eigenvalue weighted by Crippen LogP contribution is -2.07. The van der Waals surface area contributed by atoms with Crippen molar-refractivity contribution < 1.29 is 8.78 Å². The molecule has 0 amide bonds. The van der Waals surface area contributed by atoms with Crippen LogP contribution < -0.4 is 0 Å². The van der Waals surface area contributed by atoms with Crippen molar-refractivity contribution in [2.24, 2.45) is 0 Å². The van der Waals surface area contributed by atoms with Gasteiger partial charge in [-0.05, 0) is 19.9 Å². The molecule has 1 aromatic heterocycles. The third-order valence-electron chi connectivity index (χ3n) is 2.62. The number of rotatable bonds is 3. The Morgan fingerprint density at radius 1 is 1.35 bits per heavy atom. The lowest BCUT2D eigenvalue weighted by atomic mass is 10.2. The van der Waals surface area contributed by atoms with Crippen molar-refractivity contribution in [3.8, 4) is 0 Å². The van der Waals surface area contributed by atoms with E-state index in [4.69, 9.17) is 11.6 Å². The molecule has 0 atom stereocenters. The Morgan fingerprint density at radius 3 is 2.65 bits per heavy atom. The molecule has 0 bridgehead atoms. The summed E-state index contributed by atoms with van der Waals surface area (Å²) in [6.45, 7) is 3.89. The van der Waals surface area contributed by atoms with Crippen LogP contribution in [-0.4, -0.2) is 15.4 Å². The minimum Gasteiger partial charge on any atom is -0.325 e. The molecule has 2 aromatic rings. The molecular weight excluding hydrogens is 246 g/mol. The minimum absolute atomic E-state index is 0.0828. The van der Waals surface area contributed by atoms with Crippen molar-refractivity contribution in [2.45, 2.75) is 26.3 Å². The van der Waals surface area contributed by atoms with Crippen LogP contribution >= 0.6 is 11.6 Å². The molecule has 0 aliphatic rings. The van der Waals surface area contributed by atoms with Crippen LogP contribution in [0.15, 0.2) is 12.1 Å². The van der Waals surface area contributed by atoms with Crippen molar-refractivity contribution in [1.82, 2.24) is 9.55 Å². The predicted molar refractivity (Wildman–Crippen MR) is 64.5 cm³/mol. The molecule has 0 unspecified atom stereocenters. The first-order chi connectivity index (χ1) is 8.04. The Kier molecular flexibility index (Phi) is 3.33. The highest BCUT2D eigenvalue weighted by atomic mass is 35.5. The van der Waals surface area contributed by atoms with Crippen molar-refractivity contribution in [3.05, 3.63) is 29.6 Å². The molecule has 17 heavy (non-hydrogen) atoms. The van der Waals surface area contributed by atoms with Crippen LogP contribution in [0, 0.1) is 11.6 Å². The largest absolute Gasteiger partial charge is 0.325 e. The summed E-state index contributed by atoms with van der Waals surface area (Å²) < 4.78 is 28.6. The van der Waals surface area contributed by atoms with E-state index in [0.29, 0.717) is 23.6 Å². The van der Waals surface area contributed by atoms with Crippen LogP contribution in [-0.2, 0) is 6.42 Å². The van der Waals surface area contributed by atoms with Gasteiger partial charge in [0.1, 0.15) is 17.2 Å². The summed E-state index contributed by atoms with van der Waals surface area (Å²) in [5.41, 5.74) is 0.692. The van der Waals surface area contributed by atoms with Gasteiger partial charge in [-0.1, -0.05) is 0 Å². The van der Waals surface area contributed by atoms with E-state index in [9.17, 15) is 8.78 Å². The highest BCUT2D eigenvalue weighted by Gasteiger charge is 2.16. The van der Waals surface area contributed by atoms with E-state index in [1.54, 1.807) is 0 Å². The second-order valence-electron chi connectivity index (χ2n) is 4.19. The van der Waals surface area contributed by atoms with Crippen LogP contribution in [0.25, 0.3) is 11.0 Å². The summed E-state index contributed by atoms with van der Waals surface area (Å²) in [4.78, 5) is 4.20. The Labute approximate surface area is 103 Å². The first-order valence-electron chi connectivity index (χ1n) is 5.46. The first kappa shape index (κ1) is 12.3. The molecule has 0 saturated carbocycles. The maximum absolute atomic E-state index is 13.6. The van der Waals surface area contributed by atoms with Gasteiger partial charge in [-0.3, -0.25) is 0 Å². The third-order valence-corrected chi connectivity index (χ3v) is 2.81. The highest BCUT2D eigenvalue weighted by molar-refractivity contribution is 6.17. The molecule has 1 aromatic carbocycles. The van der Waals surface area contributed by atoms with Gasteiger partial charge in [0.25, 0.3) is 0 Å². The molecule has 0 fully saturated rings. The zero-order valence-electron chi connectivity index (χ0n) is 9.67. The number of hydrogen-bond acceptors (Lipinski definition) is 1. The molecule has 92 valence electrons. The molecule has 5 heteroatoms. The normalized spacial score (nSPS) is 11.6. The molecule has 0 aliphatic carbocycles. The Hall–Kier alpha value is -1.16. The lowest BCUT2D eigenvalue weighted by Gasteiger charge is -2.12. The summed E-state index contributed by atoms with van der Waals surface area (Å²) in [7, 11) is 0. The molecule has 0 saturated heterocycles. The SMILES string of the molecule is CC(C)n1c(CCCl)nc2c(F)cc(F)cc21. The maximum atomic E-state index is 13.6. The molecule has 2 rings (SSSR count). The number of halogens is 3. The number of alkyl halides is 1. The van der Waals surface area contributed by atoms with Gasteiger partial charge >= 0.3 is 0 Å². The van der Waals surface area contributed by atoms with E-state index in [2.05, 4.69) is 4.98 Å². The van der Waals surface area contributed by atoms with Crippen molar-refractivity contribution >= 4 is 22.6 Å². The molecule has 0 aliphatic heterocycles. The predicted octanol–water partition coefficient (Wildman–Crippen LogP) is 3.68. The molecule has 0 spiro atoms. The van der Waals surface area contributed by atoms with E-state index in [-0.39, 0.29) is 11.6 Å². The Morgan fingerprint density at radius 2 is 2.06 bits per heavy atom. The van der Waals surface area contributed by atoms with Crippen LogP contribution in [0.1, 0.15) is 25.7 Å². The summed E-state index contributed by atoms with van der Waals surface area (Å²) in [6.07, 6.45) is 0.537. The second-order valence-corrected chi connectivity index (χ2v) is 4.56. The van der Waals surface area contributed by atoms with Gasteiger partial charge in [-0.25, -0.2) is 13.8 Å². The number of benzene rings is 1. The van der Waals surface area contributed by atoms with Gasteiger partial charge < -0.3 is 4.57 Å². The summed E-state index contributed by atoms with van der Waals surface area (Å²) in [5.74, 6) is -0.126. The number of aryl methyl sites for hydroxylation is 1. The molecule has 0 N–H and O–H groups in total.